The van der Waals surface area contributed by atoms with E-state index in [1.165, 1.54) is 10.8 Å². The van der Waals surface area contributed by atoms with E-state index in [9.17, 15) is 0 Å². The van der Waals surface area contributed by atoms with E-state index in [0.717, 1.165) is 50.0 Å². The molecule has 6 aromatic rings. The summed E-state index contributed by atoms with van der Waals surface area (Å²) in [6.45, 7) is 0. The molecule has 0 atom stereocenters. The van der Waals surface area contributed by atoms with Crippen molar-refractivity contribution in [3.05, 3.63) is 91.0 Å². The Kier molecular flexibility index (Phi) is 5.16. The summed E-state index contributed by atoms with van der Waals surface area (Å²) in [5.74, 6) is 0.807. The number of hydrogen-bond acceptors (Lipinski definition) is 4. The Morgan fingerprint density at radius 2 is 1.31 bits per heavy atom. The Hall–Kier alpha value is -4.29. The van der Waals surface area contributed by atoms with Crippen LogP contribution in [0.2, 0.25) is 0 Å². The molecule has 1 heterocycles. The molecule has 5 aromatic carbocycles. The zero-order chi connectivity index (χ0) is 23.9. The Bertz CT molecular complexity index is 1750. The lowest BCUT2D eigenvalue weighted by molar-refractivity contribution is 0.415. The number of aromatic nitrogens is 2. The fraction of sp³-hybridized carbons (Fsp3) is 0.0690. The molecule has 170 valence electrons. The van der Waals surface area contributed by atoms with Gasteiger partial charge in [-0.15, -0.1) is 0 Å². The topological polar surface area (TPSA) is 50.3 Å². The van der Waals surface area contributed by atoms with Gasteiger partial charge in [0.1, 0.15) is 5.75 Å². The third kappa shape index (κ3) is 3.68. The first-order valence-electron chi connectivity index (χ1n) is 11.3. The Labute approximate surface area is 208 Å². The predicted molar refractivity (Wildman–Crippen MR) is 150 cm³/mol. The number of nitrogens with one attached hydrogen (secondary N) is 1. The highest BCUT2D eigenvalue weighted by Crippen LogP contribution is 2.34. The first-order valence-corrected chi connectivity index (χ1v) is 11.7. The quantitative estimate of drug-likeness (QED) is 0.170. The second-order valence-electron chi connectivity index (χ2n) is 8.40. The monoisotopic (exact) mass is 474 g/mol. The normalized spacial score (nSPS) is 11.3. The highest BCUT2D eigenvalue weighted by atomic mass is 32.1. The van der Waals surface area contributed by atoms with Crippen molar-refractivity contribution in [2.24, 2.45) is 0 Å². The van der Waals surface area contributed by atoms with Crippen molar-refractivity contribution in [2.45, 2.75) is 0 Å². The minimum atomic E-state index is 0.583. The number of benzene rings is 5. The number of anilines is 2. The number of nitrogens with zero attached hydrogens (tertiary/aromatic N) is 3. The summed E-state index contributed by atoms with van der Waals surface area (Å²) in [6, 6.07) is 30.5. The van der Waals surface area contributed by atoms with Crippen LogP contribution in [0.25, 0.3) is 43.6 Å². The second kappa shape index (κ2) is 8.49. The lowest BCUT2D eigenvalue weighted by atomic mass is 9.99. The van der Waals surface area contributed by atoms with E-state index in [1.54, 1.807) is 7.11 Å². The van der Waals surface area contributed by atoms with Crippen LogP contribution in [0.4, 0.5) is 11.4 Å². The number of fused-ring (bicyclic) bond motifs is 7. The molecule has 0 amide bonds. The molecule has 0 fully saturated rings. The second-order valence-corrected chi connectivity index (χ2v) is 8.79. The zero-order valence-electron chi connectivity index (χ0n) is 19.3. The molecule has 0 aliphatic rings. The summed E-state index contributed by atoms with van der Waals surface area (Å²) < 4.78 is 5.25. The van der Waals surface area contributed by atoms with Crippen LogP contribution in [0.1, 0.15) is 0 Å². The van der Waals surface area contributed by atoms with E-state index in [-0.39, 0.29) is 0 Å². The summed E-state index contributed by atoms with van der Waals surface area (Å²) in [4.78, 5) is 12.0. The summed E-state index contributed by atoms with van der Waals surface area (Å²) >= 11 is 5.67. The molecule has 0 radical (unpaired) electrons. The van der Waals surface area contributed by atoms with Crippen molar-refractivity contribution in [3.63, 3.8) is 0 Å². The minimum absolute atomic E-state index is 0.583. The van der Waals surface area contributed by atoms with E-state index >= 15 is 0 Å². The molecule has 0 saturated heterocycles. The van der Waals surface area contributed by atoms with Crippen molar-refractivity contribution in [1.82, 2.24) is 9.97 Å². The molecule has 0 unspecified atom stereocenters. The average molecular weight is 475 g/mol. The zero-order valence-corrected chi connectivity index (χ0v) is 20.1. The molecular weight excluding hydrogens is 452 g/mol. The molecule has 35 heavy (non-hydrogen) atoms. The van der Waals surface area contributed by atoms with Gasteiger partial charge < -0.3 is 15.0 Å². The van der Waals surface area contributed by atoms with Crippen LogP contribution in [-0.2, 0) is 0 Å². The number of ether oxygens (including phenoxy) is 1. The van der Waals surface area contributed by atoms with Gasteiger partial charge in [-0.2, -0.15) is 0 Å². The molecular formula is C29H22N4OS. The van der Waals surface area contributed by atoms with Gasteiger partial charge in [0.05, 0.1) is 29.2 Å². The third-order valence-electron chi connectivity index (χ3n) is 6.33. The van der Waals surface area contributed by atoms with Crippen LogP contribution in [0.3, 0.4) is 0 Å². The molecule has 5 nitrogen and oxygen atoms in total. The first kappa shape index (κ1) is 21.3. The van der Waals surface area contributed by atoms with E-state index in [4.69, 9.17) is 26.9 Å². The molecule has 1 aromatic heterocycles. The van der Waals surface area contributed by atoms with E-state index in [0.29, 0.717) is 5.11 Å². The predicted octanol–water partition coefficient (Wildman–Crippen LogP) is 6.93. The van der Waals surface area contributed by atoms with Crippen molar-refractivity contribution in [3.8, 4) is 5.75 Å². The van der Waals surface area contributed by atoms with Crippen LogP contribution in [0, 0.1) is 0 Å². The van der Waals surface area contributed by atoms with Gasteiger partial charge in [-0.25, -0.2) is 9.97 Å². The van der Waals surface area contributed by atoms with Crippen molar-refractivity contribution >= 4 is 72.3 Å². The number of hydrogen-bond donors (Lipinski definition) is 1. The standard InChI is InChI=1S/C29H22N4OS/c1-33(19-12-14-20(34-2)15-13-19)29(35)30-18-11-16-25-26(17-18)32-28-24-10-6-4-8-22(24)21-7-3-5-9-23(21)27(28)31-25/h3-17H,1-2H3,(H,30,35). The van der Waals surface area contributed by atoms with Gasteiger partial charge in [0.2, 0.25) is 0 Å². The van der Waals surface area contributed by atoms with Crippen LogP contribution >= 0.6 is 12.2 Å². The van der Waals surface area contributed by atoms with Gasteiger partial charge in [0.15, 0.2) is 5.11 Å². The molecule has 0 aliphatic carbocycles. The van der Waals surface area contributed by atoms with Gasteiger partial charge in [0, 0.05) is 29.2 Å². The third-order valence-corrected chi connectivity index (χ3v) is 6.71. The molecule has 0 bridgehead atoms. The highest BCUT2D eigenvalue weighted by molar-refractivity contribution is 7.80. The maximum absolute atomic E-state index is 5.67. The van der Waals surface area contributed by atoms with Gasteiger partial charge in [-0.05, 0) is 65.5 Å². The van der Waals surface area contributed by atoms with E-state index in [2.05, 4.69) is 47.8 Å². The maximum atomic E-state index is 5.67. The molecule has 6 heteroatoms. The molecule has 0 spiro atoms. The van der Waals surface area contributed by atoms with Crippen LogP contribution < -0.4 is 15.0 Å². The number of thiocarbonyl (C=S) groups is 1. The van der Waals surface area contributed by atoms with Gasteiger partial charge in [-0.3, -0.25) is 0 Å². The summed E-state index contributed by atoms with van der Waals surface area (Å²) in [5, 5.41) is 8.50. The minimum Gasteiger partial charge on any atom is -0.497 e. The largest absolute Gasteiger partial charge is 0.497 e. The maximum Gasteiger partial charge on any atom is 0.177 e. The Morgan fingerprint density at radius 3 is 1.91 bits per heavy atom. The Balaban J connectivity index is 1.41. The van der Waals surface area contributed by atoms with Gasteiger partial charge in [0.25, 0.3) is 0 Å². The van der Waals surface area contributed by atoms with Crippen molar-refractivity contribution < 1.29 is 4.74 Å². The summed E-state index contributed by atoms with van der Waals surface area (Å²) in [5.41, 5.74) is 5.31. The molecule has 6 rings (SSSR count). The first-order chi connectivity index (χ1) is 17.1. The lowest BCUT2D eigenvalue weighted by Crippen LogP contribution is -2.30. The van der Waals surface area contributed by atoms with E-state index in [1.807, 2.05) is 60.5 Å². The number of methoxy groups -OCH3 is 1. The van der Waals surface area contributed by atoms with Crippen molar-refractivity contribution in [2.75, 3.05) is 24.4 Å². The van der Waals surface area contributed by atoms with Crippen molar-refractivity contribution in [1.29, 1.82) is 0 Å². The van der Waals surface area contributed by atoms with E-state index < -0.39 is 0 Å². The van der Waals surface area contributed by atoms with Crippen LogP contribution in [0.5, 0.6) is 5.75 Å². The van der Waals surface area contributed by atoms with Crippen LogP contribution in [0.15, 0.2) is 91.0 Å². The molecule has 1 N–H and O–H groups in total. The SMILES string of the molecule is COc1ccc(N(C)C(=S)Nc2ccc3nc4c5ccccc5c5ccccc5c4nc3c2)cc1. The molecule has 0 saturated carbocycles. The Morgan fingerprint density at radius 1 is 0.743 bits per heavy atom. The summed E-state index contributed by atoms with van der Waals surface area (Å²) in [6.07, 6.45) is 0. The summed E-state index contributed by atoms with van der Waals surface area (Å²) in [7, 11) is 3.59. The van der Waals surface area contributed by atoms with Gasteiger partial charge >= 0.3 is 0 Å². The highest BCUT2D eigenvalue weighted by Gasteiger charge is 2.13. The van der Waals surface area contributed by atoms with Gasteiger partial charge in [-0.1, -0.05) is 48.5 Å². The number of rotatable bonds is 3. The fourth-order valence-corrected chi connectivity index (χ4v) is 4.71. The lowest BCUT2D eigenvalue weighted by Gasteiger charge is -2.21. The smallest absolute Gasteiger partial charge is 0.177 e. The average Bonchev–Trinajstić information content (AvgIpc) is 2.92. The fourth-order valence-electron chi connectivity index (χ4n) is 4.49. The van der Waals surface area contributed by atoms with Crippen LogP contribution in [-0.4, -0.2) is 29.2 Å². The molecule has 0 aliphatic heterocycles.